The van der Waals surface area contributed by atoms with Crippen LogP contribution in [0.15, 0.2) is 4.58 Å². The molecule has 0 bridgehead atoms. The second-order valence-electron chi connectivity index (χ2n) is 1.41. The Bertz CT molecular complexity index is 56.9. The Labute approximate surface area is 47.2 Å². The predicted molar refractivity (Wildman–Crippen MR) is 31.9 cm³/mol. The van der Waals surface area contributed by atoms with E-state index in [1.54, 1.807) is 0 Å². The van der Waals surface area contributed by atoms with Gasteiger partial charge in [-0.05, 0) is 14.1 Å². The van der Waals surface area contributed by atoms with E-state index in [0.717, 1.165) is 11.9 Å². The third-order valence-corrected chi connectivity index (χ3v) is 1.11. The summed E-state index contributed by atoms with van der Waals surface area (Å²) in [6.45, 7) is 0. The van der Waals surface area contributed by atoms with E-state index < -0.39 is 0 Å². The van der Waals surface area contributed by atoms with Crippen LogP contribution in [-0.2, 0) is 0 Å². The topological polar surface area (TPSA) is 32.7 Å². The Hall–Kier alpha value is -0.0900. The molecule has 7 heavy (non-hydrogen) atoms. The molecule has 0 aromatic heterocycles. The quantitative estimate of drug-likeness (QED) is 0.315. The molecule has 0 heterocycles. The van der Waals surface area contributed by atoms with E-state index in [0.29, 0.717) is 5.88 Å². The molecule has 0 amide bonds. The van der Waals surface area contributed by atoms with Crippen molar-refractivity contribution in [2.75, 3.05) is 20.0 Å². The van der Waals surface area contributed by atoms with Crippen molar-refractivity contribution in [3.05, 3.63) is 4.91 Å². The lowest BCUT2D eigenvalue weighted by Crippen LogP contribution is -2.08. The fraction of sp³-hybridized carbons (Fsp3) is 1.00. The molecule has 0 fully saturated rings. The van der Waals surface area contributed by atoms with Gasteiger partial charge in [-0.15, -0.1) is 4.91 Å². The fourth-order valence-corrected chi connectivity index (χ4v) is 0.417. The van der Waals surface area contributed by atoms with E-state index in [1.807, 2.05) is 19.0 Å². The van der Waals surface area contributed by atoms with Crippen LogP contribution >= 0.6 is 11.9 Å². The molecule has 0 N–H and O–H groups in total. The van der Waals surface area contributed by atoms with Crippen LogP contribution in [0.5, 0.6) is 0 Å². The Morgan fingerprint density at radius 1 is 1.71 bits per heavy atom. The molecule has 0 aliphatic carbocycles. The lowest BCUT2D eigenvalue weighted by Gasteiger charge is -2.01. The van der Waals surface area contributed by atoms with Gasteiger partial charge in [0.2, 0.25) is 0 Å². The Morgan fingerprint density at radius 2 is 2.29 bits per heavy atom. The highest BCUT2D eigenvalue weighted by atomic mass is 32.2. The standard InChI is InChI=1S/C3H8N2OS/c1-5(2)3-7-4-6/h3H2,1-2H3. The molecule has 3 nitrogen and oxygen atoms in total. The summed E-state index contributed by atoms with van der Waals surface area (Å²) in [5.41, 5.74) is 0. The van der Waals surface area contributed by atoms with Gasteiger partial charge < -0.3 is 0 Å². The second kappa shape index (κ2) is 4.08. The Morgan fingerprint density at radius 3 is 2.43 bits per heavy atom. The number of nitrogens with zero attached hydrogens (tertiary/aromatic N) is 2. The Balaban J connectivity index is 2.81. The van der Waals surface area contributed by atoms with Crippen molar-refractivity contribution in [2.45, 2.75) is 0 Å². The van der Waals surface area contributed by atoms with Gasteiger partial charge in [0.25, 0.3) is 0 Å². The zero-order valence-corrected chi connectivity index (χ0v) is 5.23. The number of rotatable bonds is 3. The average Bonchev–Trinajstić information content (AvgIpc) is 1.61. The van der Waals surface area contributed by atoms with Crippen LogP contribution in [0.1, 0.15) is 0 Å². The van der Waals surface area contributed by atoms with Crippen LogP contribution in [-0.4, -0.2) is 24.9 Å². The van der Waals surface area contributed by atoms with E-state index in [2.05, 4.69) is 4.58 Å². The second-order valence-corrected chi connectivity index (χ2v) is 2.08. The van der Waals surface area contributed by atoms with Gasteiger partial charge in [0.1, 0.15) is 0 Å². The molecule has 0 atom stereocenters. The minimum Gasteiger partial charge on any atom is -0.299 e. The zero-order chi connectivity index (χ0) is 5.70. The molecule has 42 valence electrons. The lowest BCUT2D eigenvalue weighted by atomic mass is 11.0. The van der Waals surface area contributed by atoms with Gasteiger partial charge in [-0.2, -0.15) is 0 Å². The summed E-state index contributed by atoms with van der Waals surface area (Å²) in [7, 11) is 3.77. The summed E-state index contributed by atoms with van der Waals surface area (Å²) < 4.78 is 2.60. The first kappa shape index (κ1) is 6.91. The van der Waals surface area contributed by atoms with Gasteiger partial charge in [-0.25, -0.2) is 0 Å². The first-order valence-electron chi connectivity index (χ1n) is 1.86. The largest absolute Gasteiger partial charge is 0.299 e. The third kappa shape index (κ3) is 5.91. The summed E-state index contributed by atoms with van der Waals surface area (Å²) in [6, 6.07) is 0. The molecule has 0 aliphatic rings. The molecule has 0 aromatic rings. The van der Waals surface area contributed by atoms with E-state index in [4.69, 9.17) is 0 Å². The third-order valence-electron chi connectivity index (χ3n) is 0.369. The van der Waals surface area contributed by atoms with Crippen LogP contribution in [0.2, 0.25) is 0 Å². The molecule has 0 aromatic carbocycles. The maximum Gasteiger partial charge on any atom is 0.0694 e. The van der Waals surface area contributed by atoms with Gasteiger partial charge in [0, 0.05) is 16.5 Å². The van der Waals surface area contributed by atoms with Crippen LogP contribution in [0.25, 0.3) is 0 Å². The van der Waals surface area contributed by atoms with Crippen LogP contribution < -0.4 is 0 Å². The minimum absolute atomic E-state index is 0.670. The average molecular weight is 120 g/mol. The summed E-state index contributed by atoms with van der Waals surface area (Å²) in [5, 5.41) is 0. The summed E-state index contributed by atoms with van der Waals surface area (Å²) in [5.74, 6) is 0.670. The smallest absolute Gasteiger partial charge is 0.0694 e. The molecule has 0 spiro atoms. The maximum absolute atomic E-state index is 9.40. The van der Waals surface area contributed by atoms with Crippen LogP contribution in [0, 0.1) is 4.91 Å². The first-order valence-corrected chi connectivity index (χ1v) is 2.81. The Kier molecular flexibility index (Phi) is 4.03. The molecule has 0 rings (SSSR count). The highest BCUT2D eigenvalue weighted by Gasteiger charge is 1.85. The molecule has 0 saturated carbocycles. The monoisotopic (exact) mass is 120 g/mol. The van der Waals surface area contributed by atoms with Crippen molar-refractivity contribution in [3.63, 3.8) is 0 Å². The normalized spacial score (nSPS) is 9.57. The summed E-state index contributed by atoms with van der Waals surface area (Å²) in [4.78, 5) is 11.3. The predicted octanol–water partition coefficient (Wildman–Crippen LogP) is 0.920. The zero-order valence-electron chi connectivity index (χ0n) is 4.42. The van der Waals surface area contributed by atoms with Gasteiger partial charge >= 0.3 is 0 Å². The van der Waals surface area contributed by atoms with Gasteiger partial charge in [0.05, 0.1) is 5.88 Å². The van der Waals surface area contributed by atoms with Crippen molar-refractivity contribution in [1.29, 1.82) is 0 Å². The van der Waals surface area contributed by atoms with E-state index >= 15 is 0 Å². The van der Waals surface area contributed by atoms with Gasteiger partial charge in [0.15, 0.2) is 0 Å². The number of nitroso groups, excluding NO2 is 1. The van der Waals surface area contributed by atoms with Crippen molar-refractivity contribution < 1.29 is 0 Å². The van der Waals surface area contributed by atoms with Crippen molar-refractivity contribution in [3.8, 4) is 0 Å². The summed E-state index contributed by atoms with van der Waals surface area (Å²) >= 11 is 1.01. The molecule has 0 aliphatic heterocycles. The number of hydrogen-bond acceptors (Lipinski definition) is 4. The van der Waals surface area contributed by atoms with Crippen LogP contribution in [0.4, 0.5) is 0 Å². The maximum atomic E-state index is 9.40. The molecular weight excluding hydrogens is 112 g/mol. The fourth-order valence-electron chi connectivity index (χ4n) is 0.139. The lowest BCUT2D eigenvalue weighted by molar-refractivity contribution is 0.485. The van der Waals surface area contributed by atoms with Crippen molar-refractivity contribution >= 4 is 11.9 Å². The van der Waals surface area contributed by atoms with Crippen molar-refractivity contribution in [1.82, 2.24) is 4.90 Å². The van der Waals surface area contributed by atoms with E-state index in [9.17, 15) is 4.91 Å². The molecule has 4 heteroatoms. The highest BCUT2D eigenvalue weighted by Crippen LogP contribution is 1.98. The molecule has 0 unspecified atom stereocenters. The molecule has 0 radical (unpaired) electrons. The van der Waals surface area contributed by atoms with Crippen molar-refractivity contribution in [2.24, 2.45) is 4.58 Å². The van der Waals surface area contributed by atoms with Gasteiger partial charge in [-0.1, -0.05) is 0 Å². The first-order chi connectivity index (χ1) is 3.27. The van der Waals surface area contributed by atoms with Gasteiger partial charge in [-0.3, -0.25) is 4.90 Å². The highest BCUT2D eigenvalue weighted by molar-refractivity contribution is 7.97. The van der Waals surface area contributed by atoms with E-state index in [-0.39, 0.29) is 0 Å². The molecular formula is C3H8N2OS. The number of hydrogen-bond donors (Lipinski definition) is 0. The van der Waals surface area contributed by atoms with Crippen LogP contribution in [0.3, 0.4) is 0 Å². The SMILES string of the molecule is CN(C)CSN=O. The summed E-state index contributed by atoms with van der Waals surface area (Å²) in [6.07, 6.45) is 0. The van der Waals surface area contributed by atoms with E-state index in [1.165, 1.54) is 0 Å². The molecule has 0 saturated heterocycles. The minimum atomic E-state index is 0.670.